The molecular formula is C7H12OS. The minimum atomic E-state index is -0.227. The van der Waals surface area contributed by atoms with Crippen LogP contribution in [0.1, 0.15) is 27.2 Å². The van der Waals surface area contributed by atoms with Crippen LogP contribution in [0, 0.1) is 5.41 Å². The molecule has 0 aromatic carbocycles. The van der Waals surface area contributed by atoms with E-state index < -0.39 is 0 Å². The van der Waals surface area contributed by atoms with Gasteiger partial charge < -0.3 is 0 Å². The fraction of sp³-hybridized carbons (Fsp3) is 0.714. The van der Waals surface area contributed by atoms with Crippen molar-refractivity contribution in [1.82, 2.24) is 0 Å². The fourth-order valence-electron chi connectivity index (χ4n) is 0.382. The van der Waals surface area contributed by atoms with Gasteiger partial charge in [0.25, 0.3) is 0 Å². The highest BCUT2D eigenvalue weighted by Crippen LogP contribution is 2.15. The molecule has 0 fully saturated rings. The van der Waals surface area contributed by atoms with Crippen LogP contribution in [0.4, 0.5) is 0 Å². The summed E-state index contributed by atoms with van der Waals surface area (Å²) in [5, 5.41) is 1.48. The summed E-state index contributed by atoms with van der Waals surface area (Å²) >= 11 is 4.55. The number of ketones is 1. The first kappa shape index (κ1) is 8.76. The lowest BCUT2D eigenvalue weighted by Crippen LogP contribution is -2.19. The fourth-order valence-corrected chi connectivity index (χ4v) is 0.533. The molecule has 2 heteroatoms. The van der Waals surface area contributed by atoms with Gasteiger partial charge in [0.1, 0.15) is 5.78 Å². The van der Waals surface area contributed by atoms with Crippen LogP contribution in [0.5, 0.6) is 0 Å². The smallest absolute Gasteiger partial charge is 0.142 e. The lowest BCUT2D eigenvalue weighted by molar-refractivity contribution is -0.124. The molecule has 0 bridgehead atoms. The maximum Gasteiger partial charge on any atom is 0.142 e. The van der Waals surface area contributed by atoms with Crippen LogP contribution in [-0.4, -0.2) is 11.2 Å². The second-order valence-electron chi connectivity index (χ2n) is 3.04. The van der Waals surface area contributed by atoms with Crippen molar-refractivity contribution in [3.63, 3.8) is 0 Å². The Labute approximate surface area is 61.4 Å². The molecule has 9 heavy (non-hydrogen) atoms. The Morgan fingerprint density at radius 3 is 2.11 bits per heavy atom. The second kappa shape index (κ2) is 3.06. The van der Waals surface area contributed by atoms with Gasteiger partial charge in [-0.3, -0.25) is 4.79 Å². The van der Waals surface area contributed by atoms with Gasteiger partial charge in [0.15, 0.2) is 0 Å². The molecule has 0 atom stereocenters. The van der Waals surface area contributed by atoms with Crippen molar-refractivity contribution < 1.29 is 4.79 Å². The average Bonchev–Trinajstić information content (AvgIpc) is 1.64. The van der Waals surface area contributed by atoms with Gasteiger partial charge in [0, 0.05) is 11.8 Å². The summed E-state index contributed by atoms with van der Waals surface area (Å²) in [6.07, 6.45) is 0.416. The third kappa shape index (κ3) is 3.36. The van der Waals surface area contributed by atoms with Crippen LogP contribution >= 0.6 is 12.2 Å². The van der Waals surface area contributed by atoms with Crippen molar-refractivity contribution in [3.05, 3.63) is 0 Å². The van der Waals surface area contributed by atoms with E-state index in [0.29, 0.717) is 6.42 Å². The number of carbonyl (C=O) groups excluding carboxylic acids is 1. The molecule has 0 saturated carbocycles. The molecule has 0 amide bonds. The van der Waals surface area contributed by atoms with Crippen molar-refractivity contribution in [3.8, 4) is 0 Å². The Balaban J connectivity index is 3.88. The molecule has 0 saturated heterocycles. The van der Waals surface area contributed by atoms with Gasteiger partial charge in [-0.1, -0.05) is 33.0 Å². The number of thiocarbonyl (C=S) groups is 1. The van der Waals surface area contributed by atoms with E-state index in [1.54, 1.807) is 0 Å². The van der Waals surface area contributed by atoms with Gasteiger partial charge in [-0.2, -0.15) is 0 Å². The Bertz CT molecular complexity index is 121. The molecule has 0 aliphatic rings. The lowest BCUT2D eigenvalue weighted by Gasteiger charge is -2.13. The molecular weight excluding hydrogens is 132 g/mol. The number of carbonyl (C=O) groups is 1. The van der Waals surface area contributed by atoms with E-state index in [1.165, 1.54) is 5.37 Å². The Kier molecular flexibility index (Phi) is 2.98. The van der Waals surface area contributed by atoms with Gasteiger partial charge in [-0.15, -0.1) is 0 Å². The summed E-state index contributed by atoms with van der Waals surface area (Å²) in [4.78, 5) is 11.0. The Hall–Kier alpha value is -0.240. The third-order valence-corrected chi connectivity index (χ3v) is 1.27. The molecule has 0 unspecified atom stereocenters. The summed E-state index contributed by atoms with van der Waals surface area (Å²) in [6.45, 7) is 5.69. The molecule has 0 aromatic heterocycles. The molecule has 0 aromatic rings. The van der Waals surface area contributed by atoms with E-state index in [1.807, 2.05) is 20.8 Å². The highest BCUT2D eigenvalue weighted by molar-refractivity contribution is 7.79. The van der Waals surface area contributed by atoms with E-state index in [4.69, 9.17) is 0 Å². The Morgan fingerprint density at radius 1 is 1.56 bits per heavy atom. The van der Waals surface area contributed by atoms with E-state index in [9.17, 15) is 4.79 Å². The monoisotopic (exact) mass is 144 g/mol. The number of rotatable bonds is 2. The van der Waals surface area contributed by atoms with Crippen molar-refractivity contribution in [2.24, 2.45) is 5.41 Å². The van der Waals surface area contributed by atoms with Gasteiger partial charge in [0.05, 0.1) is 0 Å². The zero-order valence-corrected chi connectivity index (χ0v) is 6.92. The zero-order valence-electron chi connectivity index (χ0n) is 6.10. The maximum atomic E-state index is 11.0. The molecule has 52 valence electrons. The first-order valence-electron chi connectivity index (χ1n) is 2.95. The van der Waals surface area contributed by atoms with Crippen molar-refractivity contribution >= 4 is 23.4 Å². The van der Waals surface area contributed by atoms with E-state index in [2.05, 4.69) is 12.2 Å². The van der Waals surface area contributed by atoms with Gasteiger partial charge in [-0.05, 0) is 5.37 Å². The van der Waals surface area contributed by atoms with Gasteiger partial charge in [-0.25, -0.2) is 0 Å². The van der Waals surface area contributed by atoms with Crippen LogP contribution in [0.15, 0.2) is 0 Å². The highest BCUT2D eigenvalue weighted by atomic mass is 32.1. The molecule has 0 rings (SSSR count). The van der Waals surface area contributed by atoms with Gasteiger partial charge >= 0.3 is 0 Å². The minimum Gasteiger partial charge on any atom is -0.299 e. The molecule has 1 nitrogen and oxygen atoms in total. The zero-order chi connectivity index (χ0) is 7.49. The number of hydrogen-bond donors (Lipinski definition) is 0. The number of Topliss-reactive ketones (excluding diaryl/α,β-unsaturated/α-hetero) is 1. The molecule has 0 N–H and O–H groups in total. The normalized spacial score (nSPS) is 11.0. The summed E-state index contributed by atoms with van der Waals surface area (Å²) in [5.74, 6) is 0.206. The molecule has 0 aliphatic carbocycles. The standard InChI is InChI=1S/C7H12OS/c1-7(2,3)6(8)4-5-9/h5H,4H2,1-3H3. The predicted octanol–water partition coefficient (Wildman–Crippen LogP) is 1.99. The van der Waals surface area contributed by atoms with Crippen LogP contribution in [0.3, 0.4) is 0 Å². The average molecular weight is 144 g/mol. The first-order valence-corrected chi connectivity index (χ1v) is 3.42. The van der Waals surface area contributed by atoms with Crippen molar-refractivity contribution in [2.75, 3.05) is 0 Å². The quantitative estimate of drug-likeness (QED) is 0.551. The third-order valence-electron chi connectivity index (χ3n) is 1.11. The second-order valence-corrected chi connectivity index (χ2v) is 3.38. The first-order chi connectivity index (χ1) is 3.98. The van der Waals surface area contributed by atoms with Gasteiger partial charge in [0.2, 0.25) is 0 Å². The SMILES string of the molecule is CC(C)(C)C(=O)CC=S. The largest absolute Gasteiger partial charge is 0.299 e. The Morgan fingerprint density at radius 2 is 2.00 bits per heavy atom. The summed E-state index contributed by atoms with van der Waals surface area (Å²) in [5.41, 5.74) is -0.227. The molecule has 0 radical (unpaired) electrons. The summed E-state index contributed by atoms with van der Waals surface area (Å²) in [7, 11) is 0. The van der Waals surface area contributed by atoms with Crippen LogP contribution < -0.4 is 0 Å². The van der Waals surface area contributed by atoms with Crippen molar-refractivity contribution in [2.45, 2.75) is 27.2 Å². The molecule has 0 spiro atoms. The predicted molar refractivity (Wildman–Crippen MR) is 42.7 cm³/mol. The van der Waals surface area contributed by atoms with E-state index in [-0.39, 0.29) is 11.2 Å². The van der Waals surface area contributed by atoms with Crippen molar-refractivity contribution in [1.29, 1.82) is 0 Å². The van der Waals surface area contributed by atoms with E-state index >= 15 is 0 Å². The van der Waals surface area contributed by atoms with E-state index in [0.717, 1.165) is 0 Å². The maximum absolute atomic E-state index is 11.0. The topological polar surface area (TPSA) is 17.1 Å². The summed E-state index contributed by atoms with van der Waals surface area (Å²) in [6, 6.07) is 0. The molecule has 0 heterocycles. The summed E-state index contributed by atoms with van der Waals surface area (Å²) < 4.78 is 0. The van der Waals surface area contributed by atoms with Crippen LogP contribution in [0.2, 0.25) is 0 Å². The molecule has 0 aliphatic heterocycles. The minimum absolute atomic E-state index is 0.206. The van der Waals surface area contributed by atoms with Crippen LogP contribution in [-0.2, 0) is 4.79 Å². The number of hydrogen-bond acceptors (Lipinski definition) is 2. The lowest BCUT2D eigenvalue weighted by atomic mass is 9.89. The highest BCUT2D eigenvalue weighted by Gasteiger charge is 2.18. The van der Waals surface area contributed by atoms with Crippen LogP contribution in [0.25, 0.3) is 0 Å².